The van der Waals surface area contributed by atoms with Crippen LogP contribution in [-0.2, 0) is 9.47 Å². The molecule has 0 heterocycles. The summed E-state index contributed by atoms with van der Waals surface area (Å²) in [7, 11) is 3.22. The Morgan fingerprint density at radius 1 is 0.553 bits per heavy atom. The van der Waals surface area contributed by atoms with Crippen LogP contribution in [0.25, 0.3) is 62.7 Å². The molecule has 0 radical (unpaired) electrons. The summed E-state index contributed by atoms with van der Waals surface area (Å²) in [5, 5.41) is 54.9. The van der Waals surface area contributed by atoms with Crippen LogP contribution in [0.5, 0.6) is 0 Å². The SMILES string of the molecule is CC(C)(OCCN=[N+]=[N-])OCCN=[N+]=[N-].OC(CS)C(O)CS.[N-]=[N+]=NCC(O)C(O)CN=[N+]=[N-].[N-]=[N+]=NCCSSCCN=[N+]=[N-]. The van der Waals surface area contributed by atoms with Crippen molar-refractivity contribution in [3.05, 3.63) is 62.7 Å². The van der Waals surface area contributed by atoms with Crippen molar-refractivity contribution in [2.75, 3.05) is 75.5 Å². The van der Waals surface area contributed by atoms with E-state index in [2.05, 4.69) is 85.4 Å². The first kappa shape index (κ1) is 50.9. The molecule has 0 aliphatic rings. The molecule has 266 valence electrons. The Hall–Kier alpha value is -2.98. The van der Waals surface area contributed by atoms with Gasteiger partial charge in [-0.2, -0.15) is 25.3 Å². The Balaban J connectivity index is -0.000000268. The maximum atomic E-state index is 8.98. The summed E-state index contributed by atoms with van der Waals surface area (Å²) in [6.45, 7) is 5.12. The minimum Gasteiger partial charge on any atom is -0.390 e. The average molecular weight is 745 g/mol. The van der Waals surface area contributed by atoms with Gasteiger partial charge in [0.15, 0.2) is 5.79 Å². The molecule has 0 bridgehead atoms. The normalized spacial score (nSPS) is 12.0. The predicted molar refractivity (Wildman–Crippen MR) is 187 cm³/mol. The lowest BCUT2D eigenvalue weighted by Gasteiger charge is -2.25. The largest absolute Gasteiger partial charge is 0.390 e. The highest BCUT2D eigenvalue weighted by atomic mass is 33.1. The summed E-state index contributed by atoms with van der Waals surface area (Å²) in [5.41, 5.74) is 47.6. The third-order valence-electron chi connectivity index (χ3n) is 4.09. The number of hydrogen-bond acceptors (Lipinski definition) is 16. The minimum absolute atomic E-state index is 0.237. The number of hydrogen-bond donors (Lipinski definition) is 6. The standard InChI is InChI=1S/C7H14N6O2.C4H8N6O2.C4H8N6S2.C4H10O2S2/c1-7(2,14-5-3-10-12-8)15-6-4-11-13-9;5-9-7-1-3(11)4(12)2-8-10-6;5-9-7-1-3-11-12-4-2-8-10-6;5-3(1-7)4(6)2-8/h3-6H2,1-2H3;3-4,11-12H,1-2H2;1-4H2;3-8H,1-2H2. The monoisotopic (exact) mass is 744 g/mol. The third kappa shape index (κ3) is 45.2. The maximum Gasteiger partial charge on any atom is 0.162 e. The average Bonchev–Trinajstić information content (AvgIpc) is 3.07. The smallest absolute Gasteiger partial charge is 0.162 e. The van der Waals surface area contributed by atoms with Crippen LogP contribution in [0.2, 0.25) is 0 Å². The van der Waals surface area contributed by atoms with Gasteiger partial charge in [0.1, 0.15) is 0 Å². The van der Waals surface area contributed by atoms with Gasteiger partial charge in [0.2, 0.25) is 0 Å². The van der Waals surface area contributed by atoms with Crippen molar-refractivity contribution >= 4 is 46.8 Å². The van der Waals surface area contributed by atoms with Gasteiger partial charge in [-0.15, -0.1) is 0 Å². The second kappa shape index (κ2) is 41.0. The molecule has 0 saturated heterocycles. The highest BCUT2D eigenvalue weighted by Gasteiger charge is 2.17. The van der Waals surface area contributed by atoms with Gasteiger partial charge in [-0.1, -0.05) is 52.3 Å². The first-order valence-corrected chi connectivity index (χ1v) is 16.7. The molecular weight excluding hydrogens is 705 g/mol. The fourth-order valence-electron chi connectivity index (χ4n) is 1.89. The van der Waals surface area contributed by atoms with Crippen molar-refractivity contribution in [1.29, 1.82) is 0 Å². The van der Waals surface area contributed by atoms with Crippen molar-refractivity contribution in [3.8, 4) is 0 Å². The molecule has 0 fully saturated rings. The van der Waals surface area contributed by atoms with Gasteiger partial charge in [-0.3, -0.25) is 0 Å². The number of azide groups is 6. The number of thiol groups is 2. The number of nitrogens with zero attached hydrogens (tertiary/aromatic N) is 18. The Labute approximate surface area is 288 Å². The Morgan fingerprint density at radius 3 is 1.13 bits per heavy atom. The Kier molecular flexibility index (Phi) is 44.4. The molecule has 0 aromatic carbocycles. The molecule has 47 heavy (non-hydrogen) atoms. The van der Waals surface area contributed by atoms with Crippen molar-refractivity contribution < 1.29 is 29.9 Å². The molecule has 0 spiro atoms. The molecule has 24 nitrogen and oxygen atoms in total. The molecule has 28 heteroatoms. The van der Waals surface area contributed by atoms with Gasteiger partial charge in [0, 0.05) is 78.7 Å². The van der Waals surface area contributed by atoms with Crippen LogP contribution in [0.15, 0.2) is 30.7 Å². The lowest BCUT2D eigenvalue weighted by atomic mass is 10.2. The second-order valence-electron chi connectivity index (χ2n) is 8.02. The summed E-state index contributed by atoms with van der Waals surface area (Å²) in [5.74, 6) is 1.38. The van der Waals surface area contributed by atoms with Crippen LogP contribution in [0.1, 0.15) is 13.8 Å². The molecule has 0 aromatic heterocycles. The van der Waals surface area contributed by atoms with Crippen LogP contribution in [0.4, 0.5) is 0 Å². The lowest BCUT2D eigenvalue weighted by molar-refractivity contribution is -0.209. The van der Waals surface area contributed by atoms with E-state index in [0.29, 0.717) is 26.3 Å². The van der Waals surface area contributed by atoms with Crippen molar-refractivity contribution in [2.24, 2.45) is 30.7 Å². The fraction of sp³-hybridized carbons (Fsp3) is 1.00. The topological polar surface area (TPSA) is 392 Å². The van der Waals surface area contributed by atoms with E-state index in [0.717, 1.165) is 11.5 Å². The molecule has 0 aromatic rings. The summed E-state index contributed by atoms with van der Waals surface area (Å²) >= 11 is 7.53. The number of aliphatic hydroxyl groups is 4. The molecule has 0 amide bonds. The van der Waals surface area contributed by atoms with E-state index in [4.69, 9.17) is 63.1 Å². The predicted octanol–water partition coefficient (Wildman–Crippen LogP) is 5.26. The quantitative estimate of drug-likeness (QED) is 0.0152. The van der Waals surface area contributed by atoms with Crippen LogP contribution in [-0.4, -0.2) is 126 Å². The van der Waals surface area contributed by atoms with Crippen molar-refractivity contribution in [1.82, 2.24) is 0 Å². The van der Waals surface area contributed by atoms with E-state index in [1.807, 2.05) is 0 Å². The van der Waals surface area contributed by atoms with E-state index in [1.165, 1.54) is 0 Å². The van der Waals surface area contributed by atoms with Crippen LogP contribution >= 0.6 is 46.8 Å². The minimum atomic E-state index is -1.19. The molecule has 4 unspecified atom stereocenters. The number of aliphatic hydroxyl groups excluding tert-OH is 4. The van der Waals surface area contributed by atoms with Crippen LogP contribution in [0.3, 0.4) is 0 Å². The summed E-state index contributed by atoms with van der Waals surface area (Å²) < 4.78 is 10.6. The maximum absolute atomic E-state index is 8.98. The van der Waals surface area contributed by atoms with Crippen LogP contribution in [0, 0.1) is 0 Å². The molecular formula is C19H40N18O6S4. The van der Waals surface area contributed by atoms with Gasteiger partial charge in [0.25, 0.3) is 0 Å². The van der Waals surface area contributed by atoms with E-state index >= 15 is 0 Å². The Bertz CT molecular complexity index is 980. The van der Waals surface area contributed by atoms with Gasteiger partial charge in [-0.25, -0.2) is 0 Å². The molecule has 4 atom stereocenters. The zero-order chi connectivity index (χ0) is 36.6. The highest BCUT2D eigenvalue weighted by molar-refractivity contribution is 8.76. The van der Waals surface area contributed by atoms with Crippen LogP contribution < -0.4 is 0 Å². The van der Waals surface area contributed by atoms with E-state index in [1.54, 1.807) is 35.4 Å². The first-order chi connectivity index (χ1) is 22.5. The van der Waals surface area contributed by atoms with E-state index in [9.17, 15) is 0 Å². The molecule has 0 aliphatic carbocycles. The summed E-state index contributed by atoms with van der Waals surface area (Å²) in [4.78, 5) is 15.2. The van der Waals surface area contributed by atoms with E-state index < -0.39 is 30.2 Å². The van der Waals surface area contributed by atoms with Gasteiger partial charge >= 0.3 is 0 Å². The van der Waals surface area contributed by atoms with Crippen molar-refractivity contribution in [3.63, 3.8) is 0 Å². The molecule has 0 aliphatic heterocycles. The highest BCUT2D eigenvalue weighted by Crippen LogP contribution is 2.20. The van der Waals surface area contributed by atoms with Gasteiger partial charge in [-0.05, 0) is 47.0 Å². The summed E-state index contributed by atoms with van der Waals surface area (Å²) in [6.07, 6.45) is -3.86. The summed E-state index contributed by atoms with van der Waals surface area (Å²) in [6, 6.07) is 0. The number of ether oxygens (including phenoxy) is 2. The zero-order valence-electron chi connectivity index (χ0n) is 25.7. The fourth-order valence-corrected chi connectivity index (χ4v) is 4.08. The van der Waals surface area contributed by atoms with Gasteiger partial charge < -0.3 is 29.9 Å². The van der Waals surface area contributed by atoms with Gasteiger partial charge in [0.05, 0.1) is 50.7 Å². The van der Waals surface area contributed by atoms with Crippen molar-refractivity contribution in [2.45, 2.75) is 44.1 Å². The molecule has 4 N–H and O–H groups in total. The molecule has 0 rings (SSSR count). The Morgan fingerprint density at radius 2 is 0.851 bits per heavy atom. The lowest BCUT2D eigenvalue weighted by Crippen LogP contribution is -2.30. The number of rotatable bonds is 23. The first-order valence-electron chi connectivity index (χ1n) is 13.0. The zero-order valence-corrected chi connectivity index (χ0v) is 29.1. The van der Waals surface area contributed by atoms with E-state index in [-0.39, 0.29) is 37.7 Å². The second-order valence-corrected chi connectivity index (χ2v) is 11.5. The molecule has 0 saturated carbocycles. The third-order valence-corrected chi connectivity index (χ3v) is 7.21.